The lowest BCUT2D eigenvalue weighted by molar-refractivity contribution is -0.131. The van der Waals surface area contributed by atoms with Crippen LogP contribution in [-0.4, -0.2) is 38.4 Å². The Hall–Kier alpha value is -3.93. The number of aromatic amines is 1. The number of H-pyrrole nitrogens is 1. The molecule has 0 unspecified atom stereocenters. The molecule has 7 rings (SSSR count). The Morgan fingerprint density at radius 2 is 1.75 bits per heavy atom. The van der Waals surface area contributed by atoms with E-state index in [4.69, 9.17) is 4.98 Å². The number of nitrogens with zero attached hydrogens (tertiary/aromatic N) is 3. The summed E-state index contributed by atoms with van der Waals surface area (Å²) in [4.78, 5) is 22.7. The van der Waals surface area contributed by atoms with Crippen LogP contribution in [0.15, 0.2) is 72.9 Å². The number of carbonyl (C=O) groups excluding carboxylic acids is 1. The maximum atomic E-state index is 14.2. The van der Waals surface area contributed by atoms with Crippen LogP contribution in [0.4, 0.5) is 4.39 Å². The van der Waals surface area contributed by atoms with Gasteiger partial charge in [-0.2, -0.15) is 0 Å². The van der Waals surface area contributed by atoms with E-state index in [1.54, 1.807) is 12.1 Å². The summed E-state index contributed by atoms with van der Waals surface area (Å²) >= 11 is 0. The number of fused-ring (bicyclic) bond motifs is 2. The first-order valence-corrected chi connectivity index (χ1v) is 12.7. The largest absolute Gasteiger partial charge is 0.361 e. The third-order valence-corrected chi connectivity index (χ3v) is 7.70. The van der Waals surface area contributed by atoms with Gasteiger partial charge in [0.15, 0.2) is 0 Å². The van der Waals surface area contributed by atoms with E-state index in [1.165, 1.54) is 11.5 Å². The molecule has 1 saturated heterocycles. The van der Waals surface area contributed by atoms with Gasteiger partial charge in [-0.25, -0.2) is 9.37 Å². The van der Waals surface area contributed by atoms with E-state index in [0.29, 0.717) is 11.8 Å². The molecule has 2 fully saturated rings. The van der Waals surface area contributed by atoms with Gasteiger partial charge in [0.25, 0.3) is 0 Å². The van der Waals surface area contributed by atoms with Crippen molar-refractivity contribution in [2.24, 2.45) is 11.8 Å². The van der Waals surface area contributed by atoms with Gasteiger partial charge in [-0.3, -0.25) is 4.79 Å². The number of hydrogen-bond acceptors (Lipinski definition) is 2. The Morgan fingerprint density at radius 3 is 2.58 bits per heavy atom. The molecule has 0 bridgehead atoms. The fraction of sp³-hybridized carbons (Fsp3) is 0.267. The quantitative estimate of drug-likeness (QED) is 0.325. The Morgan fingerprint density at radius 1 is 0.944 bits per heavy atom. The summed E-state index contributed by atoms with van der Waals surface area (Å²) < 4.78 is 16.4. The number of halogens is 1. The van der Waals surface area contributed by atoms with Crippen LogP contribution in [0.1, 0.15) is 19.3 Å². The summed E-state index contributed by atoms with van der Waals surface area (Å²) in [6.07, 6.45) is 4.99. The van der Waals surface area contributed by atoms with Gasteiger partial charge in [0.05, 0.1) is 11.0 Å². The van der Waals surface area contributed by atoms with Gasteiger partial charge in [-0.15, -0.1) is 0 Å². The lowest BCUT2D eigenvalue weighted by Crippen LogP contribution is -2.30. The molecule has 1 saturated carbocycles. The van der Waals surface area contributed by atoms with Gasteiger partial charge in [0, 0.05) is 42.8 Å². The molecule has 0 radical (unpaired) electrons. The van der Waals surface area contributed by atoms with E-state index in [9.17, 15) is 9.18 Å². The molecule has 3 aromatic carbocycles. The lowest BCUT2D eigenvalue weighted by Gasteiger charge is -2.18. The highest BCUT2D eigenvalue weighted by Gasteiger charge is 2.36. The van der Waals surface area contributed by atoms with E-state index in [1.807, 2.05) is 11.1 Å². The highest BCUT2D eigenvalue weighted by molar-refractivity contribution is 5.86. The number of nitrogens with one attached hydrogen (secondary N) is 1. The van der Waals surface area contributed by atoms with Crippen molar-refractivity contribution >= 4 is 27.8 Å². The summed E-state index contributed by atoms with van der Waals surface area (Å²) in [6.45, 7) is 2.30. The molecular formula is C30H27FN4O. The molecule has 1 aliphatic heterocycles. The minimum atomic E-state index is -0.261. The van der Waals surface area contributed by atoms with Gasteiger partial charge in [0.2, 0.25) is 5.91 Å². The fourth-order valence-electron chi connectivity index (χ4n) is 5.57. The number of hydrogen-bond donors (Lipinski definition) is 1. The second-order valence-electron chi connectivity index (χ2n) is 10.2. The lowest BCUT2D eigenvalue weighted by atomic mass is 10.0. The van der Waals surface area contributed by atoms with Gasteiger partial charge in [-0.05, 0) is 78.1 Å². The second kappa shape index (κ2) is 8.33. The molecule has 2 aromatic heterocycles. The standard InChI is InChI=1S/C30H27FN4O/c31-25-8-10-27-28(16-25)35(18-19-12-14-34(17-19)30(36)22-5-6-22)29(33-27)21-3-1-20(2-4-21)23-7-9-26-24(15-23)11-13-32-26/h1-4,7-11,13,15-16,19,22,32H,5-6,12,14,17-18H2/t19-/m1/s1. The molecule has 1 aliphatic carbocycles. The number of amides is 1. The molecule has 2 aliphatic rings. The normalized spacial score (nSPS) is 17.9. The number of imidazole rings is 1. The Kier molecular flexibility index (Phi) is 4.94. The van der Waals surface area contributed by atoms with E-state index >= 15 is 0 Å². The number of rotatable bonds is 5. The molecule has 3 heterocycles. The molecule has 1 N–H and O–H groups in total. The van der Waals surface area contributed by atoms with Gasteiger partial charge < -0.3 is 14.5 Å². The summed E-state index contributed by atoms with van der Waals surface area (Å²) in [7, 11) is 0. The van der Waals surface area contributed by atoms with Gasteiger partial charge >= 0.3 is 0 Å². The van der Waals surface area contributed by atoms with Gasteiger partial charge in [-0.1, -0.05) is 30.3 Å². The molecule has 1 amide bonds. The molecule has 5 nitrogen and oxygen atoms in total. The maximum Gasteiger partial charge on any atom is 0.225 e. The zero-order valence-corrected chi connectivity index (χ0v) is 20.0. The zero-order valence-electron chi connectivity index (χ0n) is 20.0. The van der Waals surface area contributed by atoms with E-state index in [-0.39, 0.29) is 11.7 Å². The Balaban J connectivity index is 1.21. The Labute approximate surface area is 208 Å². The van der Waals surface area contributed by atoms with Crippen LogP contribution in [0, 0.1) is 17.7 Å². The summed E-state index contributed by atoms with van der Waals surface area (Å²) in [6, 6.07) is 21.7. The first kappa shape index (κ1) is 21.4. The van der Waals surface area contributed by atoms with Crippen molar-refractivity contribution in [3.63, 3.8) is 0 Å². The molecule has 6 heteroatoms. The molecular weight excluding hydrogens is 451 g/mol. The summed E-state index contributed by atoms with van der Waals surface area (Å²) in [5.41, 5.74) is 6.02. The van der Waals surface area contributed by atoms with Crippen LogP contribution in [0.2, 0.25) is 0 Å². The van der Waals surface area contributed by atoms with E-state index < -0.39 is 0 Å². The van der Waals surface area contributed by atoms with Crippen molar-refractivity contribution in [2.45, 2.75) is 25.8 Å². The van der Waals surface area contributed by atoms with Crippen molar-refractivity contribution < 1.29 is 9.18 Å². The third-order valence-electron chi connectivity index (χ3n) is 7.70. The highest BCUT2D eigenvalue weighted by atomic mass is 19.1. The van der Waals surface area contributed by atoms with Crippen molar-refractivity contribution in [2.75, 3.05) is 13.1 Å². The van der Waals surface area contributed by atoms with E-state index in [2.05, 4.69) is 58.1 Å². The maximum absolute atomic E-state index is 14.2. The van der Waals surface area contributed by atoms with Crippen LogP contribution in [0.25, 0.3) is 44.5 Å². The van der Waals surface area contributed by atoms with Crippen LogP contribution in [0.5, 0.6) is 0 Å². The molecule has 180 valence electrons. The molecule has 1 atom stereocenters. The smallest absolute Gasteiger partial charge is 0.225 e. The third kappa shape index (κ3) is 3.77. The molecule has 5 aromatic rings. The van der Waals surface area contributed by atoms with Crippen molar-refractivity contribution in [3.8, 4) is 22.5 Å². The number of aromatic nitrogens is 3. The number of carbonyl (C=O) groups is 1. The van der Waals surface area contributed by atoms with Crippen LogP contribution >= 0.6 is 0 Å². The first-order valence-electron chi connectivity index (χ1n) is 12.7. The zero-order chi connectivity index (χ0) is 24.2. The average Bonchev–Trinajstić information content (AvgIpc) is 3.30. The van der Waals surface area contributed by atoms with Crippen molar-refractivity contribution in [1.29, 1.82) is 0 Å². The van der Waals surface area contributed by atoms with E-state index in [0.717, 1.165) is 78.0 Å². The van der Waals surface area contributed by atoms with Gasteiger partial charge in [0.1, 0.15) is 11.6 Å². The predicted molar refractivity (Wildman–Crippen MR) is 140 cm³/mol. The topological polar surface area (TPSA) is 53.9 Å². The summed E-state index contributed by atoms with van der Waals surface area (Å²) in [5, 5.41) is 1.19. The number of likely N-dealkylation sites (tertiary alicyclic amines) is 1. The summed E-state index contributed by atoms with van der Waals surface area (Å²) in [5.74, 6) is 1.48. The monoisotopic (exact) mass is 478 g/mol. The first-order chi connectivity index (χ1) is 17.6. The number of benzene rings is 3. The Bertz CT molecular complexity index is 1590. The average molecular weight is 479 g/mol. The fourth-order valence-corrected chi connectivity index (χ4v) is 5.57. The predicted octanol–water partition coefficient (Wildman–Crippen LogP) is 6.25. The van der Waals surface area contributed by atoms with Crippen LogP contribution in [0.3, 0.4) is 0 Å². The SMILES string of the molecule is O=C(C1CC1)N1CC[C@@H](Cn2c(-c3ccc(-c4ccc5[nH]ccc5c4)cc3)nc3ccc(F)cc32)C1. The van der Waals surface area contributed by atoms with Crippen molar-refractivity contribution in [1.82, 2.24) is 19.4 Å². The highest BCUT2D eigenvalue weighted by Crippen LogP contribution is 2.34. The second-order valence-corrected chi connectivity index (χ2v) is 10.2. The molecule has 0 spiro atoms. The van der Waals surface area contributed by atoms with Crippen LogP contribution in [-0.2, 0) is 11.3 Å². The van der Waals surface area contributed by atoms with Crippen molar-refractivity contribution in [3.05, 3.63) is 78.7 Å². The minimum absolute atomic E-state index is 0.249. The van der Waals surface area contributed by atoms with Crippen LogP contribution < -0.4 is 0 Å². The molecule has 36 heavy (non-hydrogen) atoms. The minimum Gasteiger partial charge on any atom is -0.361 e.